The van der Waals surface area contributed by atoms with Crippen molar-refractivity contribution in [1.29, 1.82) is 0 Å². The minimum absolute atomic E-state index is 0. The van der Waals surface area contributed by atoms with E-state index in [1.54, 1.807) is 31.4 Å². The molecule has 3 aliphatic rings. The molecule has 1 saturated heterocycles. The van der Waals surface area contributed by atoms with Crippen molar-refractivity contribution in [2.45, 2.75) is 33.0 Å². The van der Waals surface area contributed by atoms with E-state index in [1.807, 2.05) is 74.5 Å². The molecule has 1 heterocycles. The Morgan fingerprint density at radius 1 is 0.780 bits per heavy atom. The molecule has 2 fully saturated rings. The second-order valence-electron chi connectivity index (χ2n) is 10.6. The van der Waals surface area contributed by atoms with E-state index in [4.69, 9.17) is 9.47 Å². The Morgan fingerprint density at radius 2 is 1.32 bits per heavy atom. The number of imide groups is 1. The van der Waals surface area contributed by atoms with E-state index in [9.17, 15) is 14.4 Å². The number of carbonyl (C=O) groups excluding carboxylic acids is 3. The van der Waals surface area contributed by atoms with Gasteiger partial charge < -0.3 is 9.47 Å². The summed E-state index contributed by atoms with van der Waals surface area (Å²) in [5.74, 6) is -1.22. The largest absolute Gasteiger partial charge is 0.491 e. The monoisotopic (exact) mass is 617 g/mol. The molecule has 6 rings (SSSR count). The van der Waals surface area contributed by atoms with Crippen LogP contribution in [0.4, 0.5) is 5.69 Å². The first kappa shape index (κ1) is 30.4. The van der Waals surface area contributed by atoms with Crippen molar-refractivity contribution >= 4 is 50.4 Å². The SMILES string of the molecule is C.C.COCCOc1ccc(N2C(=O)C3C4(C)C(=O)C(C)(C(c5ccccc5)=C4c4ccccc4)C3(Br)C2=O)cc1. The summed E-state index contributed by atoms with van der Waals surface area (Å²) in [4.78, 5) is 44.3. The van der Waals surface area contributed by atoms with Gasteiger partial charge in [0.2, 0.25) is 5.91 Å². The molecule has 3 aromatic carbocycles. The minimum Gasteiger partial charge on any atom is -0.491 e. The molecule has 2 bridgehead atoms. The van der Waals surface area contributed by atoms with Crippen LogP contribution >= 0.6 is 15.9 Å². The fourth-order valence-electron chi connectivity index (χ4n) is 6.98. The fraction of sp³-hybridized carbons (Fsp3) is 0.324. The van der Waals surface area contributed by atoms with Gasteiger partial charge in [0, 0.05) is 7.11 Å². The Kier molecular flexibility index (Phi) is 7.93. The predicted octanol–water partition coefficient (Wildman–Crippen LogP) is 6.83. The first-order valence-corrected chi connectivity index (χ1v) is 13.7. The lowest BCUT2D eigenvalue weighted by Gasteiger charge is -2.41. The zero-order valence-corrected chi connectivity index (χ0v) is 23.5. The summed E-state index contributed by atoms with van der Waals surface area (Å²) in [6.45, 7) is 4.49. The number of rotatable bonds is 7. The number of amides is 2. The number of ketones is 1. The summed E-state index contributed by atoms with van der Waals surface area (Å²) in [7, 11) is 1.60. The van der Waals surface area contributed by atoms with Crippen molar-refractivity contribution in [3.05, 3.63) is 96.1 Å². The van der Waals surface area contributed by atoms with Gasteiger partial charge in [-0.05, 0) is 60.4 Å². The third-order valence-electron chi connectivity index (χ3n) is 8.66. The van der Waals surface area contributed by atoms with Crippen LogP contribution in [-0.4, -0.2) is 42.2 Å². The van der Waals surface area contributed by atoms with E-state index >= 15 is 0 Å². The molecule has 7 heteroatoms. The number of methoxy groups -OCH3 is 1. The van der Waals surface area contributed by atoms with E-state index < -0.39 is 27.0 Å². The number of alkyl halides is 1. The van der Waals surface area contributed by atoms with Crippen molar-refractivity contribution in [3.63, 3.8) is 0 Å². The number of hydrogen-bond acceptors (Lipinski definition) is 5. The summed E-state index contributed by atoms with van der Waals surface area (Å²) < 4.78 is 9.25. The standard InChI is InChI=1S/C32H28BrNO5.2CH4/c1-30-24(20-10-6-4-7-11-20)25(21-12-8-5-9-13-21)31(2,28(30)36)32(33)26(30)27(35)34(29(32)37)22-14-16-23(17-15-22)39-19-18-38-3;;/h4-17,26H,18-19H2,1-3H3;2*1H4. The summed E-state index contributed by atoms with van der Waals surface area (Å²) in [6.07, 6.45) is 0. The predicted molar refractivity (Wildman–Crippen MR) is 166 cm³/mol. The number of hydrogen-bond donors (Lipinski definition) is 0. The molecule has 4 atom stereocenters. The third kappa shape index (κ3) is 3.82. The Bertz CT molecular complexity index is 1520. The van der Waals surface area contributed by atoms with Crippen LogP contribution in [0.5, 0.6) is 5.75 Å². The van der Waals surface area contributed by atoms with E-state index in [0.29, 0.717) is 24.7 Å². The van der Waals surface area contributed by atoms with Crippen LogP contribution in [0.25, 0.3) is 11.1 Å². The highest BCUT2D eigenvalue weighted by atomic mass is 79.9. The molecule has 2 amide bonds. The Balaban J connectivity index is 0.00000194. The Morgan fingerprint density at radius 3 is 1.85 bits per heavy atom. The van der Waals surface area contributed by atoms with Gasteiger partial charge in [0.05, 0.1) is 29.0 Å². The van der Waals surface area contributed by atoms with Crippen LogP contribution in [0.1, 0.15) is 39.8 Å². The van der Waals surface area contributed by atoms with Crippen LogP contribution in [0.15, 0.2) is 84.9 Å². The van der Waals surface area contributed by atoms with Gasteiger partial charge in [-0.1, -0.05) is 91.4 Å². The highest BCUT2D eigenvalue weighted by Gasteiger charge is 2.85. The summed E-state index contributed by atoms with van der Waals surface area (Å²) in [5, 5.41) is 0. The lowest BCUT2D eigenvalue weighted by molar-refractivity contribution is -0.133. The van der Waals surface area contributed by atoms with Crippen LogP contribution in [0, 0.1) is 16.7 Å². The number of nitrogens with zero attached hydrogens (tertiary/aromatic N) is 1. The van der Waals surface area contributed by atoms with Crippen molar-refractivity contribution < 1.29 is 23.9 Å². The Labute approximate surface area is 250 Å². The van der Waals surface area contributed by atoms with Crippen molar-refractivity contribution in [1.82, 2.24) is 0 Å². The summed E-state index contributed by atoms with van der Waals surface area (Å²) in [6, 6.07) is 26.3. The number of benzene rings is 3. The number of anilines is 1. The summed E-state index contributed by atoms with van der Waals surface area (Å²) in [5.41, 5.74) is 1.30. The third-order valence-corrected chi connectivity index (χ3v) is 10.2. The fourth-order valence-corrected chi connectivity index (χ4v) is 8.19. The number of carbonyl (C=O) groups is 3. The smallest absolute Gasteiger partial charge is 0.252 e. The van der Waals surface area contributed by atoms with Crippen LogP contribution in [-0.2, 0) is 19.1 Å². The molecular formula is C34H36BrNO5. The number of fused-ring (bicyclic) bond motifs is 5. The molecule has 0 aromatic heterocycles. The van der Waals surface area contributed by atoms with Crippen LogP contribution in [0.3, 0.4) is 0 Å². The number of Topliss-reactive ketones (excluding diaryl/α,β-unsaturated/α-hetero) is 1. The van der Waals surface area contributed by atoms with Gasteiger partial charge in [-0.15, -0.1) is 0 Å². The molecule has 214 valence electrons. The molecule has 4 unspecified atom stereocenters. The maximum absolute atomic E-state index is 14.5. The zero-order valence-electron chi connectivity index (χ0n) is 21.9. The van der Waals surface area contributed by atoms with Gasteiger partial charge in [0.25, 0.3) is 5.91 Å². The van der Waals surface area contributed by atoms with Crippen molar-refractivity contribution in [2.75, 3.05) is 25.2 Å². The van der Waals surface area contributed by atoms with Gasteiger partial charge >= 0.3 is 0 Å². The molecule has 3 aromatic rings. The topological polar surface area (TPSA) is 72.9 Å². The molecule has 0 spiro atoms. The highest BCUT2D eigenvalue weighted by molar-refractivity contribution is 9.10. The minimum atomic E-state index is -1.43. The lowest BCUT2D eigenvalue weighted by atomic mass is 9.63. The molecule has 0 radical (unpaired) electrons. The molecule has 1 aliphatic heterocycles. The molecular weight excluding hydrogens is 582 g/mol. The normalized spacial score (nSPS) is 28.0. The highest BCUT2D eigenvalue weighted by Crippen LogP contribution is 2.77. The Hall–Kier alpha value is -3.55. The lowest BCUT2D eigenvalue weighted by Crippen LogP contribution is -2.50. The first-order valence-electron chi connectivity index (χ1n) is 12.9. The second-order valence-corrected chi connectivity index (χ2v) is 11.8. The average Bonchev–Trinajstić information content (AvgIpc) is 3.34. The zero-order chi connectivity index (χ0) is 27.6. The maximum Gasteiger partial charge on any atom is 0.252 e. The van der Waals surface area contributed by atoms with E-state index in [-0.39, 0.29) is 26.5 Å². The average molecular weight is 619 g/mol. The first-order chi connectivity index (χ1) is 18.7. The van der Waals surface area contributed by atoms with Gasteiger partial charge in [0.15, 0.2) is 5.78 Å². The molecule has 2 aliphatic carbocycles. The quantitative estimate of drug-likeness (QED) is 0.165. The molecule has 0 N–H and O–H groups in total. The van der Waals surface area contributed by atoms with Gasteiger partial charge in [-0.2, -0.15) is 0 Å². The maximum atomic E-state index is 14.5. The van der Waals surface area contributed by atoms with E-state index in [1.165, 1.54) is 4.90 Å². The number of allylic oxidation sites excluding steroid dienone is 2. The van der Waals surface area contributed by atoms with Gasteiger partial charge in [-0.3, -0.25) is 14.4 Å². The van der Waals surface area contributed by atoms with Gasteiger partial charge in [-0.25, -0.2) is 4.90 Å². The second kappa shape index (κ2) is 10.7. The van der Waals surface area contributed by atoms with E-state index in [2.05, 4.69) is 15.9 Å². The molecule has 6 nitrogen and oxygen atoms in total. The van der Waals surface area contributed by atoms with Crippen LogP contribution in [0.2, 0.25) is 0 Å². The van der Waals surface area contributed by atoms with Gasteiger partial charge in [0.1, 0.15) is 16.7 Å². The molecule has 41 heavy (non-hydrogen) atoms. The van der Waals surface area contributed by atoms with Crippen LogP contribution < -0.4 is 9.64 Å². The van der Waals surface area contributed by atoms with Crippen molar-refractivity contribution in [3.8, 4) is 5.75 Å². The van der Waals surface area contributed by atoms with Crippen molar-refractivity contribution in [2.24, 2.45) is 16.7 Å². The van der Waals surface area contributed by atoms with E-state index in [0.717, 1.165) is 22.3 Å². The molecule has 1 saturated carbocycles. The number of ether oxygens (including phenoxy) is 2. The summed E-state index contributed by atoms with van der Waals surface area (Å²) >= 11 is 3.79. The number of halogens is 1.